The maximum atomic E-state index is 5.74. The van der Waals surface area contributed by atoms with Gasteiger partial charge in [0.1, 0.15) is 11.3 Å². The van der Waals surface area contributed by atoms with Gasteiger partial charge in [-0.15, -0.1) is 0 Å². The van der Waals surface area contributed by atoms with E-state index >= 15 is 0 Å². The van der Waals surface area contributed by atoms with Crippen molar-refractivity contribution in [2.75, 3.05) is 6.54 Å². The first-order valence-electron chi connectivity index (χ1n) is 8.29. The van der Waals surface area contributed by atoms with Gasteiger partial charge in [-0.05, 0) is 37.8 Å². The van der Waals surface area contributed by atoms with E-state index in [0.29, 0.717) is 0 Å². The quantitative estimate of drug-likeness (QED) is 0.768. The van der Waals surface area contributed by atoms with Crippen LogP contribution in [0.25, 0.3) is 11.0 Å². The van der Waals surface area contributed by atoms with E-state index in [2.05, 4.69) is 29.5 Å². The van der Waals surface area contributed by atoms with Crippen molar-refractivity contribution in [3.63, 3.8) is 0 Å². The summed E-state index contributed by atoms with van der Waals surface area (Å²) >= 11 is 0. The predicted molar refractivity (Wildman–Crippen MR) is 88.2 cm³/mol. The van der Waals surface area contributed by atoms with Crippen molar-refractivity contribution in [1.82, 2.24) is 14.5 Å². The van der Waals surface area contributed by atoms with Crippen LogP contribution in [0.2, 0.25) is 0 Å². The van der Waals surface area contributed by atoms with Crippen molar-refractivity contribution < 1.29 is 0 Å². The van der Waals surface area contributed by atoms with Crippen molar-refractivity contribution in [2.45, 2.75) is 58.9 Å². The number of pyridine rings is 1. The number of rotatable bonds is 9. The average Bonchev–Trinajstić information content (AvgIpc) is 2.84. The maximum absolute atomic E-state index is 5.74. The Balaban J connectivity index is 2.14. The lowest BCUT2D eigenvalue weighted by molar-refractivity contribution is 0.414. The van der Waals surface area contributed by atoms with E-state index < -0.39 is 0 Å². The predicted octanol–water partition coefficient (Wildman–Crippen LogP) is 3.54. The molecule has 0 spiro atoms. The van der Waals surface area contributed by atoms with Gasteiger partial charge in [-0.2, -0.15) is 0 Å². The van der Waals surface area contributed by atoms with Crippen molar-refractivity contribution in [3.8, 4) is 0 Å². The molecule has 0 radical (unpaired) electrons. The number of aromatic nitrogens is 3. The summed E-state index contributed by atoms with van der Waals surface area (Å²) in [6.07, 6.45) is 10.7. The molecule has 21 heavy (non-hydrogen) atoms. The highest BCUT2D eigenvalue weighted by atomic mass is 15.1. The molecule has 0 aliphatic carbocycles. The lowest BCUT2D eigenvalue weighted by Crippen LogP contribution is -2.11. The lowest BCUT2D eigenvalue weighted by Gasteiger charge is -2.15. The van der Waals surface area contributed by atoms with E-state index in [-0.39, 0.29) is 0 Å². The molecule has 0 amide bonds. The zero-order valence-electron chi connectivity index (χ0n) is 13.4. The summed E-state index contributed by atoms with van der Waals surface area (Å²) in [5.41, 5.74) is 7.97. The summed E-state index contributed by atoms with van der Waals surface area (Å²) in [4.78, 5) is 8.98. The molecule has 1 unspecified atom stereocenters. The Hall–Kier alpha value is -1.42. The summed E-state index contributed by atoms with van der Waals surface area (Å²) in [6.45, 7) is 6.29. The van der Waals surface area contributed by atoms with Gasteiger partial charge in [0.05, 0.1) is 11.7 Å². The largest absolute Gasteiger partial charge is 0.330 e. The van der Waals surface area contributed by atoms with Crippen LogP contribution < -0.4 is 5.73 Å². The molecule has 0 saturated carbocycles. The van der Waals surface area contributed by atoms with Crippen LogP contribution >= 0.6 is 0 Å². The van der Waals surface area contributed by atoms with Gasteiger partial charge in [0.2, 0.25) is 0 Å². The standard InChI is InChI=1S/C17H28N4/c1-3-5-14(8-10-18)6-7-17-20-15-13-19-11-9-16(15)21(17)12-4-2/h9,11,13-14H,3-8,10,12,18H2,1-2H3. The summed E-state index contributed by atoms with van der Waals surface area (Å²) in [5, 5.41) is 0. The van der Waals surface area contributed by atoms with Crippen molar-refractivity contribution in [1.29, 1.82) is 0 Å². The summed E-state index contributed by atoms with van der Waals surface area (Å²) < 4.78 is 2.36. The molecule has 2 heterocycles. The Morgan fingerprint density at radius 2 is 2.05 bits per heavy atom. The second-order valence-electron chi connectivity index (χ2n) is 5.81. The normalized spacial score (nSPS) is 12.9. The third-order valence-corrected chi connectivity index (χ3v) is 4.12. The molecule has 0 bridgehead atoms. The minimum absolute atomic E-state index is 0.730. The second-order valence-corrected chi connectivity index (χ2v) is 5.81. The van der Waals surface area contributed by atoms with Crippen LogP contribution in [0, 0.1) is 5.92 Å². The molecule has 116 valence electrons. The summed E-state index contributed by atoms with van der Waals surface area (Å²) in [5.74, 6) is 1.94. The number of hydrogen-bond donors (Lipinski definition) is 1. The Morgan fingerprint density at radius 1 is 1.19 bits per heavy atom. The van der Waals surface area contributed by atoms with Crippen molar-refractivity contribution in [2.24, 2.45) is 11.7 Å². The number of imidazole rings is 1. The highest BCUT2D eigenvalue weighted by Crippen LogP contribution is 2.21. The van der Waals surface area contributed by atoms with Crippen LogP contribution in [-0.4, -0.2) is 21.1 Å². The SMILES string of the molecule is CCCC(CCN)CCc1nc2cnccc2n1CCC. The second kappa shape index (κ2) is 8.13. The van der Waals surface area contributed by atoms with E-state index in [0.717, 1.165) is 43.8 Å². The van der Waals surface area contributed by atoms with Crippen LogP contribution in [0.5, 0.6) is 0 Å². The highest BCUT2D eigenvalue weighted by Gasteiger charge is 2.13. The molecule has 0 saturated heterocycles. The number of fused-ring (bicyclic) bond motifs is 1. The molecule has 4 heteroatoms. The van der Waals surface area contributed by atoms with E-state index in [4.69, 9.17) is 10.7 Å². The first-order valence-corrected chi connectivity index (χ1v) is 8.29. The van der Waals surface area contributed by atoms with Gasteiger partial charge in [-0.1, -0.05) is 26.7 Å². The minimum atomic E-state index is 0.730. The molecular weight excluding hydrogens is 260 g/mol. The third-order valence-electron chi connectivity index (χ3n) is 4.12. The Bertz CT molecular complexity index is 541. The van der Waals surface area contributed by atoms with Gasteiger partial charge in [0, 0.05) is 19.2 Å². The Kier molecular flexibility index (Phi) is 6.18. The Morgan fingerprint density at radius 3 is 2.76 bits per heavy atom. The monoisotopic (exact) mass is 288 g/mol. The number of nitrogens with zero attached hydrogens (tertiary/aromatic N) is 3. The molecule has 2 aromatic rings. The molecule has 2 N–H and O–H groups in total. The van der Waals surface area contributed by atoms with Crippen LogP contribution in [0.1, 0.15) is 51.8 Å². The van der Waals surface area contributed by atoms with E-state index in [1.165, 1.54) is 30.6 Å². The molecule has 0 aliphatic heterocycles. The van der Waals surface area contributed by atoms with E-state index in [1.807, 2.05) is 12.4 Å². The fraction of sp³-hybridized carbons (Fsp3) is 0.647. The highest BCUT2D eigenvalue weighted by molar-refractivity contribution is 5.74. The van der Waals surface area contributed by atoms with Crippen molar-refractivity contribution in [3.05, 3.63) is 24.3 Å². The first kappa shape index (κ1) is 16.0. The third kappa shape index (κ3) is 4.03. The topological polar surface area (TPSA) is 56.7 Å². The molecule has 0 aliphatic rings. The average molecular weight is 288 g/mol. The smallest absolute Gasteiger partial charge is 0.109 e. The molecule has 1 atom stereocenters. The van der Waals surface area contributed by atoms with Gasteiger partial charge in [0.25, 0.3) is 0 Å². The summed E-state index contributed by atoms with van der Waals surface area (Å²) in [7, 11) is 0. The first-order chi connectivity index (χ1) is 10.3. The zero-order valence-corrected chi connectivity index (χ0v) is 13.4. The Labute approximate surface area is 127 Å². The van der Waals surface area contributed by atoms with Gasteiger partial charge in [-0.3, -0.25) is 4.98 Å². The minimum Gasteiger partial charge on any atom is -0.330 e. The van der Waals surface area contributed by atoms with Gasteiger partial charge < -0.3 is 10.3 Å². The van der Waals surface area contributed by atoms with Gasteiger partial charge >= 0.3 is 0 Å². The van der Waals surface area contributed by atoms with Crippen LogP contribution in [0.3, 0.4) is 0 Å². The molecule has 2 rings (SSSR count). The summed E-state index contributed by atoms with van der Waals surface area (Å²) in [6, 6.07) is 2.07. The molecule has 2 aromatic heterocycles. The van der Waals surface area contributed by atoms with Gasteiger partial charge in [0.15, 0.2) is 0 Å². The van der Waals surface area contributed by atoms with E-state index in [1.54, 1.807) is 0 Å². The fourth-order valence-electron chi connectivity index (χ4n) is 3.11. The number of nitrogens with two attached hydrogens (primary N) is 1. The van der Waals surface area contributed by atoms with E-state index in [9.17, 15) is 0 Å². The van der Waals surface area contributed by atoms with Crippen LogP contribution in [0.4, 0.5) is 0 Å². The molecule has 0 aromatic carbocycles. The number of aryl methyl sites for hydroxylation is 2. The number of hydrogen-bond acceptors (Lipinski definition) is 3. The molecule has 0 fully saturated rings. The fourth-order valence-corrected chi connectivity index (χ4v) is 3.11. The van der Waals surface area contributed by atoms with Gasteiger partial charge in [-0.25, -0.2) is 4.98 Å². The maximum Gasteiger partial charge on any atom is 0.109 e. The van der Waals surface area contributed by atoms with Crippen LogP contribution in [0.15, 0.2) is 18.5 Å². The molecular formula is C17H28N4. The van der Waals surface area contributed by atoms with Crippen molar-refractivity contribution >= 4 is 11.0 Å². The zero-order chi connectivity index (χ0) is 15.1. The van der Waals surface area contributed by atoms with Crippen LogP contribution in [-0.2, 0) is 13.0 Å². The molecule has 4 nitrogen and oxygen atoms in total. The lowest BCUT2D eigenvalue weighted by atomic mass is 9.94.